The second kappa shape index (κ2) is 6.65. The molecule has 2 aromatic rings. The van der Waals surface area contributed by atoms with Gasteiger partial charge in [0.25, 0.3) is 0 Å². The predicted octanol–water partition coefficient (Wildman–Crippen LogP) is 3.84. The third-order valence-corrected chi connectivity index (χ3v) is 4.27. The van der Waals surface area contributed by atoms with E-state index in [0.29, 0.717) is 5.69 Å². The van der Waals surface area contributed by atoms with E-state index in [4.69, 9.17) is 0 Å². The second-order valence-corrected chi connectivity index (χ2v) is 7.86. The maximum atomic E-state index is 11.1. The molecule has 1 atom stereocenters. The van der Waals surface area contributed by atoms with Crippen molar-refractivity contribution in [1.29, 1.82) is 0 Å². The van der Waals surface area contributed by atoms with E-state index in [0.717, 1.165) is 11.9 Å². The van der Waals surface area contributed by atoms with Gasteiger partial charge in [0.1, 0.15) is 0 Å². The minimum absolute atomic E-state index is 0.177. The third kappa shape index (κ3) is 5.20. The van der Waals surface area contributed by atoms with E-state index in [9.17, 15) is 8.42 Å². The molecule has 6 heteroatoms. The summed E-state index contributed by atoms with van der Waals surface area (Å²) in [6, 6.07) is 15.7. The molecule has 2 rings (SSSR count). The summed E-state index contributed by atoms with van der Waals surface area (Å²) < 4.78 is 25.9. The van der Waals surface area contributed by atoms with Crippen LogP contribution < -0.4 is 10.0 Å². The lowest BCUT2D eigenvalue weighted by Crippen LogP contribution is -2.10. The largest absolute Gasteiger partial charge is 0.379 e. The van der Waals surface area contributed by atoms with Crippen molar-refractivity contribution in [1.82, 2.24) is 0 Å². The van der Waals surface area contributed by atoms with Crippen LogP contribution in [0.1, 0.15) is 18.5 Å². The molecule has 112 valence electrons. The molecule has 0 saturated carbocycles. The molecule has 0 radical (unpaired) electrons. The lowest BCUT2D eigenvalue weighted by Gasteiger charge is -2.16. The molecule has 0 fully saturated rings. The third-order valence-electron chi connectivity index (χ3n) is 2.94. The minimum Gasteiger partial charge on any atom is -0.379 e. The maximum absolute atomic E-state index is 11.1. The molecule has 0 heterocycles. The van der Waals surface area contributed by atoms with Gasteiger partial charge in [0.15, 0.2) is 0 Å². The van der Waals surface area contributed by atoms with Crippen molar-refractivity contribution in [2.75, 3.05) is 16.3 Å². The van der Waals surface area contributed by atoms with E-state index in [1.165, 1.54) is 9.13 Å². The summed E-state index contributed by atoms with van der Waals surface area (Å²) in [6.45, 7) is 2.09. The SMILES string of the molecule is CC(Nc1ccc(NS(C)(=O)=O)cc1)c1ccc(I)cc1. The van der Waals surface area contributed by atoms with Gasteiger partial charge in [0.05, 0.1) is 6.26 Å². The quantitative estimate of drug-likeness (QED) is 0.729. The number of sulfonamides is 1. The average Bonchev–Trinajstić information content (AvgIpc) is 2.40. The zero-order chi connectivity index (χ0) is 15.5. The van der Waals surface area contributed by atoms with Crippen LogP contribution in [0.25, 0.3) is 0 Å². The van der Waals surface area contributed by atoms with Crippen molar-refractivity contribution in [3.8, 4) is 0 Å². The molecule has 0 aliphatic heterocycles. The van der Waals surface area contributed by atoms with Crippen LogP contribution in [0.3, 0.4) is 0 Å². The fourth-order valence-corrected chi connectivity index (χ4v) is 2.86. The first kappa shape index (κ1) is 16.1. The zero-order valence-electron chi connectivity index (χ0n) is 11.8. The Balaban J connectivity index is 2.04. The molecule has 0 aliphatic carbocycles. The number of anilines is 2. The monoisotopic (exact) mass is 416 g/mol. The number of hydrogen-bond acceptors (Lipinski definition) is 3. The van der Waals surface area contributed by atoms with E-state index in [1.54, 1.807) is 12.1 Å². The van der Waals surface area contributed by atoms with Gasteiger partial charge in [-0.05, 0) is 71.5 Å². The van der Waals surface area contributed by atoms with Crippen LogP contribution in [0, 0.1) is 3.57 Å². The highest BCUT2D eigenvalue weighted by Gasteiger charge is 2.06. The van der Waals surface area contributed by atoms with Crippen molar-refractivity contribution in [3.05, 3.63) is 57.7 Å². The van der Waals surface area contributed by atoms with Crippen molar-refractivity contribution >= 4 is 44.0 Å². The van der Waals surface area contributed by atoms with Gasteiger partial charge in [0.2, 0.25) is 10.0 Å². The first-order valence-electron chi connectivity index (χ1n) is 6.43. The van der Waals surface area contributed by atoms with Gasteiger partial charge in [-0.15, -0.1) is 0 Å². The smallest absolute Gasteiger partial charge is 0.229 e. The van der Waals surface area contributed by atoms with E-state index >= 15 is 0 Å². The lowest BCUT2D eigenvalue weighted by atomic mass is 10.1. The van der Waals surface area contributed by atoms with Gasteiger partial charge in [-0.2, -0.15) is 0 Å². The van der Waals surface area contributed by atoms with Crippen LogP contribution in [0.5, 0.6) is 0 Å². The number of halogens is 1. The molecule has 0 amide bonds. The Morgan fingerprint density at radius 3 is 2.00 bits per heavy atom. The molecule has 0 aromatic heterocycles. The van der Waals surface area contributed by atoms with Crippen molar-refractivity contribution < 1.29 is 8.42 Å². The molecule has 0 saturated heterocycles. The number of rotatable bonds is 5. The summed E-state index contributed by atoms with van der Waals surface area (Å²) in [4.78, 5) is 0. The Bertz CT molecular complexity index is 697. The first-order chi connectivity index (χ1) is 9.83. The highest BCUT2D eigenvalue weighted by molar-refractivity contribution is 14.1. The number of hydrogen-bond donors (Lipinski definition) is 2. The topological polar surface area (TPSA) is 58.2 Å². The predicted molar refractivity (Wildman–Crippen MR) is 96.1 cm³/mol. The lowest BCUT2D eigenvalue weighted by molar-refractivity contribution is 0.607. The molecule has 0 bridgehead atoms. The Morgan fingerprint density at radius 1 is 0.952 bits per heavy atom. The van der Waals surface area contributed by atoms with Crippen molar-refractivity contribution in [3.63, 3.8) is 0 Å². The van der Waals surface area contributed by atoms with E-state index in [-0.39, 0.29) is 6.04 Å². The molecule has 4 nitrogen and oxygen atoms in total. The highest BCUT2D eigenvalue weighted by atomic mass is 127. The summed E-state index contributed by atoms with van der Waals surface area (Å²) in [6.07, 6.45) is 1.14. The van der Waals surface area contributed by atoms with Gasteiger partial charge in [-0.1, -0.05) is 12.1 Å². The Labute approximate surface area is 139 Å². The van der Waals surface area contributed by atoms with Crippen LogP contribution in [-0.2, 0) is 10.0 Å². The van der Waals surface area contributed by atoms with Gasteiger partial charge in [-0.3, -0.25) is 4.72 Å². The molecule has 2 N–H and O–H groups in total. The summed E-state index contributed by atoms with van der Waals surface area (Å²) in [5.41, 5.74) is 2.71. The Morgan fingerprint density at radius 2 is 1.48 bits per heavy atom. The highest BCUT2D eigenvalue weighted by Crippen LogP contribution is 2.21. The first-order valence-corrected chi connectivity index (χ1v) is 9.40. The molecule has 0 aliphatic rings. The minimum atomic E-state index is -3.23. The van der Waals surface area contributed by atoms with E-state index < -0.39 is 10.0 Å². The molecule has 2 aromatic carbocycles. The number of nitrogens with one attached hydrogen (secondary N) is 2. The van der Waals surface area contributed by atoms with Gasteiger partial charge in [0, 0.05) is 21.0 Å². The zero-order valence-corrected chi connectivity index (χ0v) is 14.8. The van der Waals surface area contributed by atoms with Gasteiger partial charge >= 0.3 is 0 Å². The maximum Gasteiger partial charge on any atom is 0.229 e. The van der Waals surface area contributed by atoms with Crippen LogP contribution >= 0.6 is 22.6 Å². The van der Waals surface area contributed by atoms with Gasteiger partial charge < -0.3 is 5.32 Å². The van der Waals surface area contributed by atoms with Crippen LogP contribution in [0.2, 0.25) is 0 Å². The molecular weight excluding hydrogens is 399 g/mol. The normalized spacial score (nSPS) is 12.7. The standard InChI is InChI=1S/C15H17IN2O2S/c1-11(12-3-5-13(16)6-4-12)17-14-7-9-15(10-8-14)18-21(2,19)20/h3-11,17-18H,1-2H3. The molecule has 0 spiro atoms. The fourth-order valence-electron chi connectivity index (χ4n) is 1.93. The van der Waals surface area contributed by atoms with Crippen molar-refractivity contribution in [2.24, 2.45) is 0 Å². The number of benzene rings is 2. The summed E-state index contributed by atoms with van der Waals surface area (Å²) in [5, 5.41) is 3.39. The average molecular weight is 416 g/mol. The van der Waals surface area contributed by atoms with Crippen LogP contribution in [0.4, 0.5) is 11.4 Å². The molecular formula is C15H17IN2O2S. The Kier molecular flexibility index (Phi) is 5.10. The summed E-state index contributed by atoms with van der Waals surface area (Å²) in [5.74, 6) is 0. The molecule has 1 unspecified atom stereocenters. The summed E-state index contributed by atoms with van der Waals surface area (Å²) in [7, 11) is -3.23. The van der Waals surface area contributed by atoms with Crippen LogP contribution in [-0.4, -0.2) is 14.7 Å². The Hall–Kier alpha value is -1.28. The van der Waals surface area contributed by atoms with E-state index in [1.807, 2.05) is 12.1 Å². The van der Waals surface area contributed by atoms with E-state index in [2.05, 4.69) is 63.8 Å². The van der Waals surface area contributed by atoms with Gasteiger partial charge in [-0.25, -0.2) is 8.42 Å². The fraction of sp³-hybridized carbons (Fsp3) is 0.200. The van der Waals surface area contributed by atoms with Crippen molar-refractivity contribution in [2.45, 2.75) is 13.0 Å². The second-order valence-electron chi connectivity index (χ2n) is 4.87. The van der Waals surface area contributed by atoms with Crippen LogP contribution in [0.15, 0.2) is 48.5 Å². The summed E-state index contributed by atoms with van der Waals surface area (Å²) >= 11 is 2.28. The molecule has 21 heavy (non-hydrogen) atoms.